The van der Waals surface area contributed by atoms with Gasteiger partial charge >= 0.3 is 0 Å². The number of piperazine rings is 1. The minimum atomic E-state index is -0.273. The van der Waals surface area contributed by atoms with Crippen LogP contribution in [0, 0.1) is 11.3 Å². The molecule has 0 bridgehead atoms. The smallest absolute Gasteiger partial charge is 0.242 e. The minimum Gasteiger partial charge on any atom is -0.394 e. The van der Waals surface area contributed by atoms with Crippen LogP contribution in [-0.2, 0) is 16.0 Å². The van der Waals surface area contributed by atoms with E-state index < -0.39 is 0 Å². The number of hydrogen-bond acceptors (Lipinski definition) is 4. The number of hydrogen-bond donors (Lipinski definition) is 1. The maximum Gasteiger partial charge on any atom is 0.242 e. The fourth-order valence-corrected chi connectivity index (χ4v) is 5.21. The van der Waals surface area contributed by atoms with E-state index in [9.17, 15) is 14.7 Å². The highest BCUT2D eigenvalue weighted by Crippen LogP contribution is 2.43. The van der Waals surface area contributed by atoms with Gasteiger partial charge in [0.1, 0.15) is 0 Å². The molecule has 3 aromatic rings. The molecule has 170 valence electrons. The van der Waals surface area contributed by atoms with Gasteiger partial charge in [0, 0.05) is 12.5 Å². The molecule has 1 N–H and O–H groups in total. The van der Waals surface area contributed by atoms with E-state index >= 15 is 0 Å². The summed E-state index contributed by atoms with van der Waals surface area (Å²) in [6.07, 6.45) is 0.272. The molecular weight excluding hydrogens is 426 g/mol. The van der Waals surface area contributed by atoms with Crippen molar-refractivity contribution < 1.29 is 14.7 Å². The SMILES string of the molecule is N#Cc1ccc(-c2ccc([C@@H]3[C@@H](CO)N4C(=O)CN(C(=O)Cc5ccccc5)C[C@H]34)cc2)cc1. The molecule has 5 rings (SSSR count). The van der Waals surface area contributed by atoms with Gasteiger partial charge in [-0.3, -0.25) is 9.59 Å². The first kappa shape index (κ1) is 21.9. The summed E-state index contributed by atoms with van der Waals surface area (Å²) in [7, 11) is 0. The van der Waals surface area contributed by atoms with Crippen LogP contribution < -0.4 is 0 Å². The molecular formula is C28H25N3O3. The van der Waals surface area contributed by atoms with E-state index in [0.29, 0.717) is 12.1 Å². The summed E-state index contributed by atoms with van der Waals surface area (Å²) < 4.78 is 0. The summed E-state index contributed by atoms with van der Waals surface area (Å²) in [6, 6.07) is 26.8. The molecule has 6 nitrogen and oxygen atoms in total. The van der Waals surface area contributed by atoms with Gasteiger partial charge in [-0.15, -0.1) is 0 Å². The van der Waals surface area contributed by atoms with Crippen molar-refractivity contribution in [1.29, 1.82) is 5.26 Å². The lowest BCUT2D eigenvalue weighted by molar-refractivity contribution is -0.166. The Labute approximate surface area is 198 Å². The van der Waals surface area contributed by atoms with E-state index in [-0.39, 0.29) is 49.4 Å². The van der Waals surface area contributed by atoms with Crippen molar-refractivity contribution in [3.8, 4) is 17.2 Å². The molecule has 2 amide bonds. The predicted molar refractivity (Wildman–Crippen MR) is 128 cm³/mol. The fourth-order valence-electron chi connectivity index (χ4n) is 5.21. The zero-order chi connectivity index (χ0) is 23.7. The number of aliphatic hydroxyl groups excluding tert-OH is 1. The summed E-state index contributed by atoms with van der Waals surface area (Å²) in [4.78, 5) is 29.2. The number of aliphatic hydroxyl groups is 1. The van der Waals surface area contributed by atoms with E-state index in [0.717, 1.165) is 22.3 Å². The van der Waals surface area contributed by atoms with Crippen LogP contribution in [0.3, 0.4) is 0 Å². The van der Waals surface area contributed by atoms with E-state index in [2.05, 4.69) is 6.07 Å². The van der Waals surface area contributed by atoms with Gasteiger partial charge in [0.25, 0.3) is 0 Å². The van der Waals surface area contributed by atoms with Gasteiger partial charge in [-0.05, 0) is 34.4 Å². The molecule has 34 heavy (non-hydrogen) atoms. The third-order valence-electron chi connectivity index (χ3n) is 6.95. The van der Waals surface area contributed by atoms with Gasteiger partial charge in [0.15, 0.2) is 0 Å². The first-order valence-electron chi connectivity index (χ1n) is 11.4. The van der Waals surface area contributed by atoms with Crippen molar-refractivity contribution >= 4 is 11.8 Å². The van der Waals surface area contributed by atoms with Gasteiger partial charge in [0.05, 0.1) is 43.3 Å². The highest BCUT2D eigenvalue weighted by molar-refractivity contribution is 5.88. The van der Waals surface area contributed by atoms with Gasteiger partial charge in [-0.25, -0.2) is 0 Å². The van der Waals surface area contributed by atoms with Crippen LogP contribution in [0.4, 0.5) is 0 Å². The molecule has 0 aromatic heterocycles. The Morgan fingerprint density at radius 2 is 1.62 bits per heavy atom. The van der Waals surface area contributed by atoms with Crippen LogP contribution in [0.15, 0.2) is 78.9 Å². The standard InChI is InChI=1S/C28H25N3O3/c29-15-20-6-8-21(9-7-20)22-10-12-23(13-11-22)28-24-16-30(17-27(34)31(24)25(28)18-32)26(33)14-19-4-2-1-3-5-19/h1-13,24-25,28,32H,14,16-18H2/t24-,25-,28+/m1/s1. The summed E-state index contributed by atoms with van der Waals surface area (Å²) >= 11 is 0. The number of carbonyl (C=O) groups is 2. The third-order valence-corrected chi connectivity index (χ3v) is 6.95. The molecule has 2 aliphatic heterocycles. The van der Waals surface area contributed by atoms with Gasteiger partial charge < -0.3 is 14.9 Å². The molecule has 3 aromatic carbocycles. The lowest BCUT2D eigenvalue weighted by atomic mass is 9.73. The Morgan fingerprint density at radius 1 is 0.971 bits per heavy atom. The molecule has 2 heterocycles. The van der Waals surface area contributed by atoms with Crippen LogP contribution >= 0.6 is 0 Å². The number of nitrogens with zero attached hydrogens (tertiary/aromatic N) is 3. The van der Waals surface area contributed by atoms with Gasteiger partial charge in [-0.2, -0.15) is 5.26 Å². The number of benzene rings is 3. The first-order chi connectivity index (χ1) is 16.6. The second-order valence-electron chi connectivity index (χ2n) is 8.89. The van der Waals surface area contributed by atoms with Crippen LogP contribution in [0.5, 0.6) is 0 Å². The lowest BCUT2D eigenvalue weighted by Gasteiger charge is -2.58. The monoisotopic (exact) mass is 451 g/mol. The molecule has 2 fully saturated rings. The van der Waals surface area contributed by atoms with Crippen molar-refractivity contribution in [2.75, 3.05) is 19.7 Å². The topological polar surface area (TPSA) is 84.6 Å². The molecule has 0 spiro atoms. The average Bonchev–Trinajstić information content (AvgIpc) is 2.86. The zero-order valence-electron chi connectivity index (χ0n) is 18.7. The van der Waals surface area contributed by atoms with Crippen molar-refractivity contribution in [2.45, 2.75) is 24.4 Å². The summed E-state index contributed by atoms with van der Waals surface area (Å²) in [5, 5.41) is 19.0. The van der Waals surface area contributed by atoms with E-state index in [1.54, 1.807) is 21.9 Å². The zero-order valence-corrected chi connectivity index (χ0v) is 18.7. The molecule has 3 atom stereocenters. The number of nitriles is 1. The molecule has 6 heteroatoms. The van der Waals surface area contributed by atoms with Crippen LogP contribution in [-0.4, -0.2) is 58.5 Å². The molecule has 0 aliphatic carbocycles. The second kappa shape index (κ2) is 9.12. The molecule has 2 saturated heterocycles. The highest BCUT2D eigenvalue weighted by atomic mass is 16.3. The van der Waals surface area contributed by atoms with E-state index in [1.807, 2.05) is 66.7 Å². The van der Waals surface area contributed by atoms with Crippen molar-refractivity contribution in [2.24, 2.45) is 0 Å². The molecule has 0 radical (unpaired) electrons. The third kappa shape index (κ3) is 3.95. The molecule has 2 aliphatic rings. The summed E-state index contributed by atoms with van der Waals surface area (Å²) in [5.41, 5.74) is 4.64. The predicted octanol–water partition coefficient (Wildman–Crippen LogP) is 2.97. The second-order valence-corrected chi connectivity index (χ2v) is 8.89. The average molecular weight is 452 g/mol. The Bertz CT molecular complexity index is 1230. The van der Waals surface area contributed by atoms with Gasteiger partial charge in [-0.1, -0.05) is 66.7 Å². The fraction of sp³-hybridized carbons (Fsp3) is 0.250. The Hall–Kier alpha value is -3.95. The summed E-state index contributed by atoms with van der Waals surface area (Å²) in [5.74, 6) is -0.194. The lowest BCUT2D eigenvalue weighted by Crippen LogP contribution is -2.73. The van der Waals surface area contributed by atoms with Crippen molar-refractivity contribution in [3.63, 3.8) is 0 Å². The largest absolute Gasteiger partial charge is 0.394 e. The van der Waals surface area contributed by atoms with Crippen LogP contribution in [0.25, 0.3) is 11.1 Å². The maximum absolute atomic E-state index is 12.9. The van der Waals surface area contributed by atoms with E-state index in [1.165, 1.54) is 0 Å². The Morgan fingerprint density at radius 3 is 2.24 bits per heavy atom. The Balaban J connectivity index is 1.34. The number of rotatable bonds is 5. The quantitative estimate of drug-likeness (QED) is 0.646. The maximum atomic E-state index is 12.9. The number of amides is 2. The minimum absolute atomic E-state index is 0.0312. The van der Waals surface area contributed by atoms with Crippen molar-refractivity contribution in [3.05, 3.63) is 95.6 Å². The number of fused-ring (bicyclic) bond motifs is 1. The van der Waals surface area contributed by atoms with Crippen molar-refractivity contribution in [1.82, 2.24) is 9.80 Å². The van der Waals surface area contributed by atoms with Crippen LogP contribution in [0.1, 0.15) is 22.6 Å². The highest BCUT2D eigenvalue weighted by Gasteiger charge is 2.54. The molecule has 0 saturated carbocycles. The summed E-state index contributed by atoms with van der Waals surface area (Å²) in [6.45, 7) is 0.418. The van der Waals surface area contributed by atoms with Gasteiger partial charge in [0.2, 0.25) is 11.8 Å². The molecule has 0 unspecified atom stereocenters. The normalized spacial score (nSPS) is 21.4. The van der Waals surface area contributed by atoms with Crippen LogP contribution in [0.2, 0.25) is 0 Å². The first-order valence-corrected chi connectivity index (χ1v) is 11.4. The van der Waals surface area contributed by atoms with E-state index in [4.69, 9.17) is 5.26 Å². The number of carbonyl (C=O) groups excluding carboxylic acids is 2. The Kier molecular flexibility index (Phi) is 5.87.